The summed E-state index contributed by atoms with van der Waals surface area (Å²) in [5.41, 5.74) is 3.24. The average molecular weight is 329 g/mol. The monoisotopic (exact) mass is 329 g/mol. The second kappa shape index (κ2) is 7.42. The molecule has 0 radical (unpaired) electrons. The van der Waals surface area contributed by atoms with Crippen LogP contribution in [-0.4, -0.2) is 62.8 Å². The van der Waals surface area contributed by atoms with Crippen molar-refractivity contribution in [1.29, 1.82) is 0 Å². The number of aliphatic hydroxyl groups excluding tert-OH is 4. The van der Waals surface area contributed by atoms with Crippen molar-refractivity contribution in [2.24, 2.45) is 0 Å². The van der Waals surface area contributed by atoms with Crippen molar-refractivity contribution in [1.82, 2.24) is 4.90 Å². The van der Waals surface area contributed by atoms with Gasteiger partial charge < -0.3 is 20.4 Å². The first-order valence-electron chi connectivity index (χ1n) is 8.13. The fraction of sp³-hybridized carbons (Fsp3) is 0.368. The lowest BCUT2D eigenvalue weighted by molar-refractivity contribution is 0.0130. The van der Waals surface area contributed by atoms with E-state index in [1.165, 1.54) is 0 Å². The third-order valence-electron chi connectivity index (χ3n) is 4.79. The van der Waals surface area contributed by atoms with Crippen LogP contribution in [0.2, 0.25) is 0 Å². The molecule has 5 nitrogen and oxygen atoms in total. The van der Waals surface area contributed by atoms with Crippen LogP contribution in [0.5, 0.6) is 0 Å². The van der Waals surface area contributed by atoms with Crippen molar-refractivity contribution in [2.45, 2.75) is 30.8 Å². The summed E-state index contributed by atoms with van der Waals surface area (Å²) in [4.78, 5) is 1.77. The number of aliphatic hydroxyl groups is 4. The Balaban J connectivity index is 1.77. The van der Waals surface area contributed by atoms with Crippen LogP contribution in [0.4, 0.5) is 0 Å². The molecule has 0 aromatic heterocycles. The fourth-order valence-electron chi connectivity index (χ4n) is 3.40. The van der Waals surface area contributed by atoms with Gasteiger partial charge in [-0.25, -0.2) is 0 Å². The van der Waals surface area contributed by atoms with E-state index in [9.17, 15) is 20.4 Å². The highest BCUT2D eigenvalue weighted by molar-refractivity contribution is 5.63. The van der Waals surface area contributed by atoms with Gasteiger partial charge in [-0.1, -0.05) is 54.6 Å². The summed E-state index contributed by atoms with van der Waals surface area (Å²) in [6, 6.07) is 16.9. The summed E-state index contributed by atoms with van der Waals surface area (Å²) >= 11 is 0. The van der Waals surface area contributed by atoms with Crippen LogP contribution in [0.25, 0.3) is 11.1 Å². The van der Waals surface area contributed by atoms with E-state index in [2.05, 4.69) is 0 Å². The van der Waals surface area contributed by atoms with E-state index in [1.54, 1.807) is 4.90 Å². The second-order valence-corrected chi connectivity index (χ2v) is 6.22. The zero-order valence-corrected chi connectivity index (χ0v) is 13.4. The van der Waals surface area contributed by atoms with E-state index in [-0.39, 0.29) is 13.2 Å². The number of nitrogens with zero attached hydrogens (tertiary/aromatic N) is 1. The first-order chi connectivity index (χ1) is 11.7. The third-order valence-corrected chi connectivity index (χ3v) is 4.79. The van der Waals surface area contributed by atoms with Crippen molar-refractivity contribution in [3.05, 3.63) is 60.2 Å². The van der Waals surface area contributed by atoms with Crippen LogP contribution in [0.3, 0.4) is 0 Å². The Morgan fingerprint density at radius 2 is 1.21 bits per heavy atom. The molecule has 1 fully saturated rings. The van der Waals surface area contributed by atoms with Crippen molar-refractivity contribution >= 4 is 0 Å². The molecule has 1 aliphatic rings. The van der Waals surface area contributed by atoms with Crippen molar-refractivity contribution in [3.63, 3.8) is 0 Å². The zero-order valence-electron chi connectivity index (χ0n) is 13.4. The number of likely N-dealkylation sites (tertiary alicyclic amines) is 1. The first-order valence-corrected chi connectivity index (χ1v) is 8.13. The fourth-order valence-corrected chi connectivity index (χ4v) is 3.40. The molecule has 0 saturated carbocycles. The zero-order chi connectivity index (χ0) is 17.1. The molecule has 128 valence electrons. The highest BCUT2D eigenvalue weighted by Crippen LogP contribution is 2.28. The standard InChI is InChI=1S/C19H23NO4/c21-11-16-18(23)19(24)17(12-22)20(16)10-13-6-8-15(9-7-13)14-4-2-1-3-5-14/h1-9,16-19,21-24H,10-12H2. The molecule has 0 amide bonds. The SMILES string of the molecule is OCC1C(O)C(O)C(CO)N1Cc1ccc(-c2ccccc2)cc1. The molecular formula is C19H23NO4. The average Bonchev–Trinajstić information content (AvgIpc) is 2.86. The van der Waals surface area contributed by atoms with Gasteiger partial charge >= 0.3 is 0 Å². The summed E-state index contributed by atoms with van der Waals surface area (Å²) in [5.74, 6) is 0. The Labute approximate surface area is 141 Å². The Morgan fingerprint density at radius 3 is 1.71 bits per heavy atom. The molecule has 0 spiro atoms. The molecule has 4 atom stereocenters. The molecule has 2 aromatic rings. The smallest absolute Gasteiger partial charge is 0.0992 e. The molecule has 4 N–H and O–H groups in total. The molecule has 4 unspecified atom stereocenters. The van der Waals surface area contributed by atoms with Crippen LogP contribution in [0, 0.1) is 0 Å². The van der Waals surface area contributed by atoms with Crippen LogP contribution < -0.4 is 0 Å². The van der Waals surface area contributed by atoms with E-state index in [1.807, 2.05) is 54.6 Å². The molecule has 5 heteroatoms. The van der Waals surface area contributed by atoms with Crippen LogP contribution in [0.15, 0.2) is 54.6 Å². The molecule has 24 heavy (non-hydrogen) atoms. The number of rotatable bonds is 5. The maximum Gasteiger partial charge on any atom is 0.0992 e. The van der Waals surface area contributed by atoms with Gasteiger partial charge in [0, 0.05) is 6.54 Å². The lowest BCUT2D eigenvalue weighted by Gasteiger charge is -2.28. The van der Waals surface area contributed by atoms with E-state index < -0.39 is 24.3 Å². The van der Waals surface area contributed by atoms with Gasteiger partial charge in [-0.05, 0) is 16.7 Å². The van der Waals surface area contributed by atoms with Crippen molar-refractivity contribution in [2.75, 3.05) is 13.2 Å². The van der Waals surface area contributed by atoms with Crippen molar-refractivity contribution in [3.8, 4) is 11.1 Å². The highest BCUT2D eigenvalue weighted by atomic mass is 16.3. The number of hydrogen-bond donors (Lipinski definition) is 4. The predicted octanol–water partition coefficient (Wildman–Crippen LogP) is 0.613. The van der Waals surface area contributed by atoms with Crippen LogP contribution in [0.1, 0.15) is 5.56 Å². The lowest BCUT2D eigenvalue weighted by Crippen LogP contribution is -2.42. The largest absolute Gasteiger partial charge is 0.395 e. The topological polar surface area (TPSA) is 84.2 Å². The minimum absolute atomic E-state index is 0.267. The van der Waals surface area contributed by atoms with Gasteiger partial charge in [0.2, 0.25) is 0 Å². The molecule has 1 aliphatic heterocycles. The predicted molar refractivity (Wildman–Crippen MR) is 91.2 cm³/mol. The maximum absolute atomic E-state index is 10.0. The van der Waals surface area contributed by atoms with E-state index in [4.69, 9.17) is 0 Å². The quantitative estimate of drug-likeness (QED) is 0.646. The van der Waals surface area contributed by atoms with Crippen LogP contribution in [-0.2, 0) is 6.54 Å². The van der Waals surface area contributed by atoms with Crippen LogP contribution >= 0.6 is 0 Å². The maximum atomic E-state index is 10.0. The molecule has 3 rings (SSSR count). The van der Waals surface area contributed by atoms with Crippen molar-refractivity contribution < 1.29 is 20.4 Å². The third kappa shape index (κ3) is 3.22. The second-order valence-electron chi connectivity index (χ2n) is 6.22. The normalized spacial score (nSPS) is 27.5. The minimum Gasteiger partial charge on any atom is -0.395 e. The number of benzene rings is 2. The lowest BCUT2D eigenvalue weighted by atomic mass is 10.0. The molecule has 2 aromatic carbocycles. The summed E-state index contributed by atoms with van der Waals surface area (Å²) in [6.45, 7) is -0.0900. The van der Waals surface area contributed by atoms with E-state index in [0.29, 0.717) is 6.54 Å². The van der Waals surface area contributed by atoms with Gasteiger partial charge in [0.1, 0.15) is 0 Å². The van der Waals surface area contributed by atoms with E-state index in [0.717, 1.165) is 16.7 Å². The van der Waals surface area contributed by atoms with E-state index >= 15 is 0 Å². The summed E-state index contributed by atoms with van der Waals surface area (Å²) < 4.78 is 0. The molecule has 1 saturated heterocycles. The molecular weight excluding hydrogens is 306 g/mol. The summed E-state index contributed by atoms with van der Waals surface area (Å²) in [7, 11) is 0. The van der Waals surface area contributed by atoms with Gasteiger partial charge in [-0.2, -0.15) is 0 Å². The van der Waals surface area contributed by atoms with Gasteiger partial charge in [0.25, 0.3) is 0 Å². The minimum atomic E-state index is -1.06. The first kappa shape index (κ1) is 17.1. The number of hydrogen-bond acceptors (Lipinski definition) is 5. The highest BCUT2D eigenvalue weighted by Gasteiger charge is 2.46. The molecule has 0 aliphatic carbocycles. The van der Waals surface area contributed by atoms with Gasteiger partial charge in [0.15, 0.2) is 0 Å². The van der Waals surface area contributed by atoms with Gasteiger partial charge in [-0.15, -0.1) is 0 Å². The molecule has 1 heterocycles. The van der Waals surface area contributed by atoms with Gasteiger partial charge in [-0.3, -0.25) is 4.90 Å². The summed E-state index contributed by atoms with van der Waals surface area (Å²) in [5, 5.41) is 39.1. The van der Waals surface area contributed by atoms with Gasteiger partial charge in [0.05, 0.1) is 37.5 Å². The Kier molecular flexibility index (Phi) is 5.28. The molecule has 0 bridgehead atoms. The Hall–Kier alpha value is -1.76. The Morgan fingerprint density at radius 1 is 0.708 bits per heavy atom. The Bertz CT molecular complexity index is 630. The summed E-state index contributed by atoms with van der Waals surface area (Å²) in [6.07, 6.45) is -2.12.